The van der Waals surface area contributed by atoms with Gasteiger partial charge in [-0.25, -0.2) is 9.78 Å². The lowest BCUT2D eigenvalue weighted by molar-refractivity contribution is -0.137. The molecule has 1 N–H and O–H groups in total. The number of hydrogen-bond donors (Lipinski definition) is 1. The van der Waals surface area contributed by atoms with Crippen LogP contribution in [-0.4, -0.2) is 32.9 Å². The largest absolute Gasteiger partial charge is 0.489 e. The quantitative estimate of drug-likeness (QED) is 0.356. The molecule has 3 aromatic rings. The van der Waals surface area contributed by atoms with Crippen LogP contribution in [0, 0.1) is 0 Å². The van der Waals surface area contributed by atoms with E-state index in [0.717, 1.165) is 20.8 Å². The van der Waals surface area contributed by atoms with Crippen molar-refractivity contribution in [3.63, 3.8) is 0 Å². The van der Waals surface area contributed by atoms with Gasteiger partial charge in [-0.15, -0.1) is 23.1 Å². The van der Waals surface area contributed by atoms with Gasteiger partial charge < -0.3 is 9.84 Å². The van der Waals surface area contributed by atoms with Gasteiger partial charge in [-0.05, 0) is 29.3 Å². The molecule has 140 valence electrons. The molecule has 0 saturated carbocycles. The number of fused-ring (bicyclic) bond motifs is 1. The number of rotatable bonds is 6. The number of thioether (sulfide) groups is 1. The van der Waals surface area contributed by atoms with Crippen LogP contribution >= 0.6 is 23.1 Å². The second-order valence-electron chi connectivity index (χ2n) is 5.89. The summed E-state index contributed by atoms with van der Waals surface area (Å²) in [5.74, 6) is 0.242. The van der Waals surface area contributed by atoms with Gasteiger partial charge in [0.1, 0.15) is 22.4 Å². The molecule has 0 spiro atoms. The average molecular weight is 411 g/mol. The van der Waals surface area contributed by atoms with Gasteiger partial charge in [0, 0.05) is 16.4 Å². The molecule has 0 bridgehead atoms. The number of thiazole rings is 1. The third-order valence-corrected chi connectivity index (χ3v) is 6.19. The Labute approximate surface area is 167 Å². The molecule has 2 aromatic carbocycles. The van der Waals surface area contributed by atoms with Crippen molar-refractivity contribution < 1.29 is 14.6 Å². The van der Waals surface area contributed by atoms with Gasteiger partial charge in [0.05, 0.1) is 10.2 Å². The van der Waals surface area contributed by atoms with Gasteiger partial charge in [-0.1, -0.05) is 29.4 Å². The first-order valence-electron chi connectivity index (χ1n) is 8.23. The maximum absolute atomic E-state index is 11.1. The number of hydrogen-bond acceptors (Lipinski definition) is 7. The van der Waals surface area contributed by atoms with Crippen molar-refractivity contribution in [3.8, 4) is 5.75 Å². The molecule has 0 amide bonds. The summed E-state index contributed by atoms with van der Waals surface area (Å²) in [5.41, 5.74) is 10.8. The Bertz CT molecular complexity index is 1120. The van der Waals surface area contributed by atoms with Crippen molar-refractivity contribution in [3.05, 3.63) is 63.5 Å². The van der Waals surface area contributed by atoms with E-state index in [1.807, 2.05) is 30.3 Å². The van der Waals surface area contributed by atoms with Crippen molar-refractivity contribution in [1.82, 2.24) is 4.98 Å². The predicted octanol–water partition coefficient (Wildman–Crippen LogP) is 4.76. The molecule has 1 aliphatic heterocycles. The van der Waals surface area contributed by atoms with E-state index in [0.29, 0.717) is 28.8 Å². The summed E-state index contributed by atoms with van der Waals surface area (Å²) < 4.78 is 6.80. The first-order valence-corrected chi connectivity index (χ1v) is 10.0. The smallest absolute Gasteiger partial charge is 0.329 e. The van der Waals surface area contributed by atoms with Gasteiger partial charge >= 0.3 is 5.97 Å². The minimum atomic E-state index is -0.910. The van der Waals surface area contributed by atoms with Gasteiger partial charge in [-0.2, -0.15) is 0 Å². The van der Waals surface area contributed by atoms with Crippen LogP contribution < -0.4 is 4.74 Å². The molecule has 1 atom stereocenters. The lowest BCUT2D eigenvalue weighted by atomic mass is 10.2. The Morgan fingerprint density at radius 2 is 2.14 bits per heavy atom. The van der Waals surface area contributed by atoms with Crippen LogP contribution in [0.2, 0.25) is 0 Å². The van der Waals surface area contributed by atoms with Crippen molar-refractivity contribution in [1.29, 1.82) is 0 Å². The Morgan fingerprint density at radius 3 is 2.86 bits per heavy atom. The van der Waals surface area contributed by atoms with Crippen molar-refractivity contribution in [2.24, 2.45) is 10.1 Å². The SMILES string of the molecule is [N-]=[N+]=Nc1ccc(COc2ccc3nc(C4=N[C@@H](C(=O)O)CS4)sc3c2)cc1. The fourth-order valence-corrected chi connectivity index (χ4v) is 4.67. The lowest BCUT2D eigenvalue weighted by Gasteiger charge is -2.06. The highest BCUT2D eigenvalue weighted by atomic mass is 32.2. The maximum atomic E-state index is 11.1. The van der Waals surface area contributed by atoms with Gasteiger partial charge in [0.25, 0.3) is 0 Å². The highest BCUT2D eigenvalue weighted by Crippen LogP contribution is 2.32. The zero-order chi connectivity index (χ0) is 19.5. The van der Waals surface area contributed by atoms with E-state index in [4.69, 9.17) is 15.4 Å². The van der Waals surface area contributed by atoms with E-state index in [1.54, 1.807) is 12.1 Å². The topological polar surface area (TPSA) is 121 Å². The Hall–Kier alpha value is -3.07. The number of ether oxygens (including phenoxy) is 1. The van der Waals surface area contributed by atoms with Crippen molar-refractivity contribution in [2.45, 2.75) is 12.6 Å². The van der Waals surface area contributed by atoms with Crippen LogP contribution in [0.1, 0.15) is 10.6 Å². The summed E-state index contributed by atoms with van der Waals surface area (Å²) in [6.07, 6.45) is 0. The summed E-state index contributed by atoms with van der Waals surface area (Å²) in [6.45, 7) is 0.385. The number of aliphatic imine (C=N–C) groups is 1. The zero-order valence-electron chi connectivity index (χ0n) is 14.3. The lowest BCUT2D eigenvalue weighted by Crippen LogP contribution is -2.17. The molecular weight excluding hydrogens is 398 g/mol. The van der Waals surface area contributed by atoms with Crippen LogP contribution in [-0.2, 0) is 11.4 Å². The second-order valence-corrected chi connectivity index (χ2v) is 7.93. The number of azide groups is 1. The van der Waals surface area contributed by atoms with Crippen LogP contribution in [0.3, 0.4) is 0 Å². The molecule has 0 aliphatic carbocycles. The fourth-order valence-electron chi connectivity index (χ4n) is 2.58. The molecule has 2 heterocycles. The number of carboxylic acid groups (broad SMARTS) is 1. The highest BCUT2D eigenvalue weighted by molar-refractivity contribution is 8.15. The molecule has 8 nitrogen and oxygen atoms in total. The number of aliphatic carboxylic acids is 1. The first-order chi connectivity index (χ1) is 13.6. The fraction of sp³-hybridized carbons (Fsp3) is 0.167. The third-order valence-electron chi connectivity index (χ3n) is 3.98. The van der Waals surface area contributed by atoms with E-state index >= 15 is 0 Å². The molecule has 0 radical (unpaired) electrons. The normalized spacial score (nSPS) is 15.9. The van der Waals surface area contributed by atoms with Crippen molar-refractivity contribution >= 4 is 50.0 Å². The number of carbonyl (C=O) groups is 1. The third kappa shape index (κ3) is 3.94. The number of nitrogens with zero attached hydrogens (tertiary/aromatic N) is 5. The minimum Gasteiger partial charge on any atom is -0.489 e. The standard InChI is InChI=1S/C18H13N5O3S2/c19-23-22-11-3-1-10(2-4-11)8-26-12-5-6-13-15(7-12)28-17(20-13)16-21-14(9-27-16)18(24)25/h1-7,14H,8-9H2,(H,24,25)/t14-/m1/s1. The summed E-state index contributed by atoms with van der Waals surface area (Å²) in [6, 6.07) is 12.1. The van der Waals surface area contributed by atoms with Crippen LogP contribution in [0.25, 0.3) is 20.7 Å². The van der Waals surface area contributed by atoms with E-state index in [-0.39, 0.29) is 0 Å². The van der Waals surface area contributed by atoms with E-state index in [1.165, 1.54) is 23.1 Å². The number of aromatic nitrogens is 1. The van der Waals surface area contributed by atoms with E-state index in [2.05, 4.69) is 20.0 Å². The molecule has 1 aromatic heterocycles. The summed E-state index contributed by atoms with van der Waals surface area (Å²) >= 11 is 2.89. The maximum Gasteiger partial charge on any atom is 0.329 e. The summed E-state index contributed by atoms with van der Waals surface area (Å²) in [5, 5.41) is 14.0. The number of benzene rings is 2. The minimum absolute atomic E-state index is 0.385. The Balaban J connectivity index is 1.48. The van der Waals surface area contributed by atoms with Gasteiger partial charge in [0.15, 0.2) is 6.04 Å². The molecular formula is C18H13N5O3S2. The van der Waals surface area contributed by atoms with Gasteiger partial charge in [-0.3, -0.25) is 4.99 Å². The molecule has 0 saturated heterocycles. The molecule has 10 heteroatoms. The molecule has 1 aliphatic rings. The van der Waals surface area contributed by atoms with E-state index < -0.39 is 12.0 Å². The van der Waals surface area contributed by atoms with E-state index in [9.17, 15) is 4.79 Å². The van der Waals surface area contributed by atoms with Crippen molar-refractivity contribution in [2.75, 3.05) is 5.75 Å². The average Bonchev–Trinajstić information content (AvgIpc) is 3.34. The molecule has 0 unspecified atom stereocenters. The summed E-state index contributed by atoms with van der Waals surface area (Å²) in [7, 11) is 0. The van der Waals surface area contributed by atoms with Crippen LogP contribution in [0.5, 0.6) is 5.75 Å². The first kappa shape index (κ1) is 18.3. The second kappa shape index (κ2) is 7.89. The Morgan fingerprint density at radius 1 is 1.32 bits per heavy atom. The number of carboxylic acids is 1. The van der Waals surface area contributed by atoms with Gasteiger partial charge in [0.2, 0.25) is 0 Å². The van der Waals surface area contributed by atoms with Crippen LogP contribution in [0.15, 0.2) is 52.6 Å². The predicted molar refractivity (Wildman–Crippen MR) is 110 cm³/mol. The molecule has 28 heavy (non-hydrogen) atoms. The summed E-state index contributed by atoms with van der Waals surface area (Å²) in [4.78, 5) is 22.6. The monoisotopic (exact) mass is 411 g/mol. The zero-order valence-corrected chi connectivity index (χ0v) is 16.0. The van der Waals surface area contributed by atoms with Crippen LogP contribution in [0.4, 0.5) is 5.69 Å². The Kier molecular flexibility index (Phi) is 5.16. The molecule has 4 rings (SSSR count). The molecule has 0 fully saturated rings. The highest BCUT2D eigenvalue weighted by Gasteiger charge is 2.26.